The van der Waals surface area contributed by atoms with Gasteiger partial charge in [-0.05, 0) is 32.1 Å². The molecule has 11 heteroatoms. The van der Waals surface area contributed by atoms with E-state index >= 15 is 0 Å². The molecule has 3 heterocycles. The van der Waals surface area contributed by atoms with Crippen molar-refractivity contribution in [1.82, 2.24) is 14.3 Å². The highest BCUT2D eigenvalue weighted by Gasteiger charge is 2.35. The number of allylic oxidation sites excluding steroid dienone is 1. The third kappa shape index (κ3) is 3.91. The SMILES string of the molecule is COC(=O)C1=C(C)N=c2s/c(=C/c3ccc(OC)c(OC)c3OC)c(=O)n2[C@H]1c1cnn(C)c1C. The minimum Gasteiger partial charge on any atom is -0.493 e. The van der Waals surface area contributed by atoms with E-state index < -0.39 is 12.0 Å². The van der Waals surface area contributed by atoms with Crippen LogP contribution < -0.4 is 29.1 Å². The van der Waals surface area contributed by atoms with E-state index in [0.717, 1.165) is 11.3 Å². The van der Waals surface area contributed by atoms with Crippen molar-refractivity contribution in [2.45, 2.75) is 19.9 Å². The lowest BCUT2D eigenvalue weighted by Gasteiger charge is -2.23. The van der Waals surface area contributed by atoms with Crippen molar-refractivity contribution >= 4 is 23.4 Å². The van der Waals surface area contributed by atoms with Gasteiger partial charge in [0.25, 0.3) is 5.56 Å². The topological polar surface area (TPSA) is 106 Å². The fourth-order valence-electron chi connectivity index (χ4n) is 4.15. The summed E-state index contributed by atoms with van der Waals surface area (Å²) >= 11 is 1.22. The van der Waals surface area contributed by atoms with E-state index in [9.17, 15) is 9.59 Å². The zero-order valence-electron chi connectivity index (χ0n) is 20.5. The van der Waals surface area contributed by atoms with Gasteiger partial charge in [0, 0.05) is 23.9 Å². The summed E-state index contributed by atoms with van der Waals surface area (Å²) < 4.78 is 25.1. The number of aryl methyl sites for hydroxylation is 1. The average Bonchev–Trinajstić information content (AvgIpc) is 3.35. The standard InChI is InChI=1S/C24H26N4O6S/c1-12-18(23(30)34-7)19(15-11-25-27(3)13(15)2)28-22(29)17(35-24(28)26-12)10-14-8-9-16(31-4)21(33-6)20(14)32-5/h8-11,19H,1-7H3/b17-10+/t19-/m0/s1. The van der Waals surface area contributed by atoms with E-state index in [-0.39, 0.29) is 5.56 Å². The predicted molar refractivity (Wildman–Crippen MR) is 130 cm³/mol. The molecule has 10 nitrogen and oxygen atoms in total. The van der Waals surface area contributed by atoms with Crippen LogP contribution in [0.5, 0.6) is 17.2 Å². The third-order valence-electron chi connectivity index (χ3n) is 6.02. The number of hydrogen-bond donors (Lipinski definition) is 0. The molecule has 3 aromatic rings. The molecule has 0 fully saturated rings. The van der Waals surface area contributed by atoms with Crippen LogP contribution >= 0.6 is 11.3 Å². The van der Waals surface area contributed by atoms with Crippen molar-refractivity contribution in [3.8, 4) is 17.2 Å². The van der Waals surface area contributed by atoms with E-state index in [1.165, 1.54) is 44.3 Å². The Morgan fingerprint density at radius 1 is 1.09 bits per heavy atom. The summed E-state index contributed by atoms with van der Waals surface area (Å²) in [7, 11) is 7.69. The maximum Gasteiger partial charge on any atom is 0.338 e. The zero-order valence-corrected chi connectivity index (χ0v) is 21.3. The summed E-state index contributed by atoms with van der Waals surface area (Å²) in [5.74, 6) is 0.816. The van der Waals surface area contributed by atoms with E-state index in [1.807, 2.05) is 6.92 Å². The Hall–Kier alpha value is -3.86. The molecular weight excluding hydrogens is 472 g/mol. The molecule has 0 bridgehead atoms. The van der Waals surface area contributed by atoms with E-state index in [4.69, 9.17) is 18.9 Å². The summed E-state index contributed by atoms with van der Waals surface area (Å²) in [4.78, 5) is 31.6. The first-order valence-corrected chi connectivity index (χ1v) is 11.5. The molecule has 0 saturated carbocycles. The van der Waals surface area contributed by atoms with Crippen LogP contribution in [0.2, 0.25) is 0 Å². The lowest BCUT2D eigenvalue weighted by Crippen LogP contribution is -2.40. The number of hydrogen-bond acceptors (Lipinski definition) is 9. The number of nitrogens with zero attached hydrogens (tertiary/aromatic N) is 4. The number of rotatable bonds is 6. The largest absolute Gasteiger partial charge is 0.493 e. The van der Waals surface area contributed by atoms with Gasteiger partial charge in [0.15, 0.2) is 16.3 Å². The summed E-state index contributed by atoms with van der Waals surface area (Å²) in [5.41, 5.74) is 2.66. The van der Waals surface area contributed by atoms with Gasteiger partial charge in [-0.1, -0.05) is 11.3 Å². The molecule has 0 aliphatic carbocycles. The molecule has 0 N–H and O–H groups in total. The molecule has 1 aromatic carbocycles. The number of esters is 1. The lowest BCUT2D eigenvalue weighted by molar-refractivity contribution is -0.136. The van der Waals surface area contributed by atoms with Crippen LogP contribution in [0.3, 0.4) is 0 Å². The van der Waals surface area contributed by atoms with Gasteiger partial charge in [0.1, 0.15) is 6.04 Å². The first-order chi connectivity index (χ1) is 16.8. The van der Waals surface area contributed by atoms with E-state index in [0.29, 0.717) is 43.4 Å². The Bertz CT molecular complexity index is 1530. The van der Waals surface area contributed by atoms with Crippen LogP contribution in [0.4, 0.5) is 0 Å². The number of carbonyl (C=O) groups is 1. The van der Waals surface area contributed by atoms with Crippen molar-refractivity contribution in [3.63, 3.8) is 0 Å². The van der Waals surface area contributed by atoms with Crippen LogP contribution in [0.25, 0.3) is 6.08 Å². The number of carbonyl (C=O) groups excluding carboxylic acids is 1. The maximum atomic E-state index is 13.7. The van der Waals surface area contributed by atoms with Gasteiger partial charge in [-0.2, -0.15) is 5.10 Å². The lowest BCUT2D eigenvalue weighted by atomic mass is 9.96. The van der Waals surface area contributed by atoms with Gasteiger partial charge in [0.2, 0.25) is 5.75 Å². The van der Waals surface area contributed by atoms with E-state index in [2.05, 4.69) is 10.1 Å². The van der Waals surface area contributed by atoms with Crippen LogP contribution in [-0.4, -0.2) is 48.8 Å². The number of aromatic nitrogens is 3. The molecule has 0 spiro atoms. The second kappa shape index (κ2) is 9.41. The Morgan fingerprint density at radius 2 is 1.80 bits per heavy atom. The molecule has 1 aliphatic heterocycles. The van der Waals surface area contributed by atoms with Crippen LogP contribution in [0.15, 0.2) is 39.4 Å². The number of benzene rings is 1. The highest BCUT2D eigenvalue weighted by atomic mass is 32.1. The molecule has 0 amide bonds. The molecule has 0 saturated heterocycles. The number of thiazole rings is 1. The third-order valence-corrected chi connectivity index (χ3v) is 7.00. The Labute approximate surface area is 205 Å². The second-order valence-electron chi connectivity index (χ2n) is 7.81. The van der Waals surface area contributed by atoms with Crippen LogP contribution in [0.1, 0.15) is 29.8 Å². The van der Waals surface area contributed by atoms with Gasteiger partial charge in [0.05, 0.1) is 50.4 Å². The number of fused-ring (bicyclic) bond motifs is 1. The first kappa shape index (κ1) is 24.3. The van der Waals surface area contributed by atoms with Crippen molar-refractivity contribution in [1.29, 1.82) is 0 Å². The van der Waals surface area contributed by atoms with Crippen LogP contribution in [0, 0.1) is 6.92 Å². The van der Waals surface area contributed by atoms with Crippen LogP contribution in [-0.2, 0) is 16.6 Å². The molecule has 0 unspecified atom stereocenters. The molecule has 1 aliphatic rings. The highest BCUT2D eigenvalue weighted by Crippen LogP contribution is 2.40. The minimum absolute atomic E-state index is 0.297. The summed E-state index contributed by atoms with van der Waals surface area (Å²) in [6.45, 7) is 3.62. The minimum atomic E-state index is -0.721. The molecule has 0 radical (unpaired) electrons. The Morgan fingerprint density at radius 3 is 2.37 bits per heavy atom. The summed E-state index contributed by atoms with van der Waals surface area (Å²) in [6, 6.07) is 2.81. The van der Waals surface area contributed by atoms with Crippen molar-refractivity contribution < 1.29 is 23.7 Å². The summed E-state index contributed by atoms with van der Waals surface area (Å²) in [5, 5.41) is 4.32. The molecule has 2 aromatic heterocycles. The zero-order chi connectivity index (χ0) is 25.4. The first-order valence-electron chi connectivity index (χ1n) is 10.7. The fraction of sp³-hybridized carbons (Fsp3) is 0.333. The molecule has 1 atom stereocenters. The average molecular weight is 499 g/mol. The van der Waals surface area contributed by atoms with Gasteiger partial charge in [-0.25, -0.2) is 9.79 Å². The number of methoxy groups -OCH3 is 4. The smallest absolute Gasteiger partial charge is 0.338 e. The predicted octanol–water partition coefficient (Wildman–Crippen LogP) is 1.48. The maximum absolute atomic E-state index is 13.7. The van der Waals surface area contributed by atoms with Crippen molar-refractivity contribution in [2.75, 3.05) is 28.4 Å². The molecule has 4 rings (SSSR count). The number of ether oxygens (including phenoxy) is 4. The molecular formula is C24H26N4O6S. The quantitative estimate of drug-likeness (QED) is 0.474. The normalized spacial score (nSPS) is 15.5. The second-order valence-corrected chi connectivity index (χ2v) is 8.81. The highest BCUT2D eigenvalue weighted by molar-refractivity contribution is 7.07. The van der Waals surface area contributed by atoms with Crippen molar-refractivity contribution in [2.24, 2.45) is 12.0 Å². The fourth-order valence-corrected chi connectivity index (χ4v) is 5.19. The van der Waals surface area contributed by atoms with Gasteiger partial charge < -0.3 is 18.9 Å². The van der Waals surface area contributed by atoms with Gasteiger partial charge in [-0.15, -0.1) is 0 Å². The van der Waals surface area contributed by atoms with Crippen molar-refractivity contribution in [3.05, 3.63) is 66.1 Å². The molecule has 35 heavy (non-hydrogen) atoms. The Kier molecular flexibility index (Phi) is 6.53. The monoisotopic (exact) mass is 498 g/mol. The van der Waals surface area contributed by atoms with E-state index in [1.54, 1.807) is 43.1 Å². The Balaban J connectivity index is 2.00. The molecule has 184 valence electrons. The van der Waals surface area contributed by atoms with Gasteiger partial charge in [-0.3, -0.25) is 14.0 Å². The summed E-state index contributed by atoms with van der Waals surface area (Å²) in [6.07, 6.45) is 3.38. The van der Waals surface area contributed by atoms with Gasteiger partial charge >= 0.3 is 5.97 Å².